The van der Waals surface area contributed by atoms with Gasteiger partial charge in [0.2, 0.25) is 24.0 Å². The normalized spacial score (nSPS) is 13.6. The van der Waals surface area contributed by atoms with Crippen molar-refractivity contribution in [1.82, 2.24) is 14.9 Å². The number of carboxylic acid groups (broad SMARTS) is 1. The molecule has 9 rings (SSSR count). The van der Waals surface area contributed by atoms with Gasteiger partial charge in [0.05, 0.1) is 22.3 Å². The lowest BCUT2D eigenvalue weighted by Crippen LogP contribution is -2.28. The summed E-state index contributed by atoms with van der Waals surface area (Å²) in [4.78, 5) is 36.1. The van der Waals surface area contributed by atoms with Gasteiger partial charge >= 0.3 is 24.3 Å². The third kappa shape index (κ3) is 13.0. The van der Waals surface area contributed by atoms with Crippen LogP contribution in [-0.4, -0.2) is 58.2 Å². The van der Waals surface area contributed by atoms with Crippen molar-refractivity contribution in [1.29, 1.82) is 0 Å². The molecule has 19 heteroatoms. The number of halogens is 8. The van der Waals surface area contributed by atoms with Crippen molar-refractivity contribution in [3.05, 3.63) is 166 Å². The number of likely N-dealkylation sites (tertiary alicyclic amines) is 1. The number of nitrogens with zero attached hydrogens (tertiary/aromatic N) is 3. The number of carbonyl (C=O) groups excluding carboxylic acids is 1. The van der Waals surface area contributed by atoms with Gasteiger partial charge in [-0.15, -0.1) is 0 Å². The molecule has 0 bridgehead atoms. The molecule has 3 heterocycles. The third-order valence-corrected chi connectivity index (χ3v) is 11.2. The summed E-state index contributed by atoms with van der Waals surface area (Å²) in [5, 5.41) is 10.3. The van der Waals surface area contributed by atoms with Gasteiger partial charge in [0.15, 0.2) is 11.2 Å². The molecule has 372 valence electrons. The van der Waals surface area contributed by atoms with Crippen LogP contribution in [0.4, 0.5) is 26.3 Å². The highest BCUT2D eigenvalue weighted by molar-refractivity contribution is 6.31. The highest BCUT2D eigenvalue weighted by atomic mass is 35.5. The predicted molar refractivity (Wildman–Crippen MR) is 256 cm³/mol. The topological polar surface area (TPSA) is 137 Å². The van der Waals surface area contributed by atoms with Gasteiger partial charge in [0, 0.05) is 27.7 Å². The van der Waals surface area contributed by atoms with E-state index in [9.17, 15) is 41.0 Å². The summed E-state index contributed by atoms with van der Waals surface area (Å²) in [5.41, 5.74) is 0.766. The Morgan fingerprint density at radius 3 is 1.52 bits per heavy atom. The van der Waals surface area contributed by atoms with Gasteiger partial charge in [0.1, 0.15) is 29.1 Å². The summed E-state index contributed by atoms with van der Waals surface area (Å²) in [6.45, 7) is 2.47. The molecule has 0 radical (unpaired) electrons. The second-order valence-corrected chi connectivity index (χ2v) is 16.4. The van der Waals surface area contributed by atoms with E-state index in [2.05, 4.69) is 14.9 Å². The molecule has 1 N–H and O–H groups in total. The Kier molecular flexibility index (Phi) is 17.1. The number of ether oxygens (including phenoxy) is 3. The highest BCUT2D eigenvalue weighted by Crippen LogP contribution is 2.40. The van der Waals surface area contributed by atoms with E-state index in [0.717, 1.165) is 56.3 Å². The molecule has 71 heavy (non-hydrogen) atoms. The Morgan fingerprint density at radius 1 is 0.620 bits per heavy atom. The van der Waals surface area contributed by atoms with E-state index in [1.54, 1.807) is 54.6 Å². The lowest BCUT2D eigenvalue weighted by Gasteiger charge is -2.21. The van der Waals surface area contributed by atoms with Gasteiger partial charge in [0.25, 0.3) is 0 Å². The van der Waals surface area contributed by atoms with Crippen LogP contribution in [0.3, 0.4) is 0 Å². The molecule has 0 spiro atoms. The summed E-state index contributed by atoms with van der Waals surface area (Å²) in [6.07, 6.45) is -10.2. The molecule has 6 aromatic carbocycles. The number of hydrogen-bond donors (Lipinski definition) is 1. The fourth-order valence-electron chi connectivity index (χ4n) is 7.40. The highest BCUT2D eigenvalue weighted by Gasteiger charge is 2.35. The zero-order chi connectivity index (χ0) is 48.9. The number of carboxylic acids is 1. The van der Waals surface area contributed by atoms with Crippen LogP contribution in [-0.2, 0) is 26.7 Å². The molecule has 2 unspecified atom stereocenters. The lowest BCUT2D eigenvalue weighted by molar-refractivity contribution is -0.153. The fraction of sp³-hybridized carbons (Fsp3) is 0.231. The molecule has 2 atom stereocenters. The molecule has 11 nitrogen and oxygen atoms in total. The molecule has 1 aliphatic rings. The summed E-state index contributed by atoms with van der Waals surface area (Å²) in [6, 6.07) is 31.5. The molecular weight excluding hydrogens is 979 g/mol. The smallest absolute Gasteiger partial charge is 0.416 e. The number of aromatic nitrogens is 2. The Morgan fingerprint density at radius 2 is 1.07 bits per heavy atom. The lowest BCUT2D eigenvalue weighted by atomic mass is 10.1. The van der Waals surface area contributed by atoms with E-state index in [1.165, 1.54) is 42.5 Å². The quantitative estimate of drug-likeness (QED) is 0.0872. The number of para-hydroxylation sites is 4. The zero-order valence-corrected chi connectivity index (χ0v) is 37.3. The Bertz CT molecular complexity index is 3050. The number of esters is 1. The Labute approximate surface area is 413 Å². The molecule has 1 fully saturated rings. The molecule has 8 aromatic rings. The van der Waals surface area contributed by atoms with Crippen LogP contribution < -0.4 is 9.47 Å². The average molecular weight is 1020 g/mol. The zero-order valence-electron chi connectivity index (χ0n) is 35.8. The van der Waals surface area contributed by atoms with Crippen LogP contribution in [0.15, 0.2) is 142 Å². The number of aliphatic carboxylic acids is 1. The molecule has 1 aliphatic heterocycles. The first-order chi connectivity index (χ1) is 33.0. The molecule has 0 aliphatic carbocycles. The minimum absolute atomic E-state index is 0. The Hall–Kier alpha value is -7.08. The molecule has 2 aromatic heterocycles. The number of alkyl halides is 6. The van der Waals surface area contributed by atoms with Crippen molar-refractivity contribution >= 4 is 57.3 Å². The van der Waals surface area contributed by atoms with E-state index in [-0.39, 0.29) is 61.4 Å². The van der Waals surface area contributed by atoms with Crippen molar-refractivity contribution in [2.75, 3.05) is 26.2 Å². The maximum Gasteiger partial charge on any atom is 0.416 e. The summed E-state index contributed by atoms with van der Waals surface area (Å²) in [5.74, 6) is -1.75. The first-order valence-corrected chi connectivity index (χ1v) is 21.9. The summed E-state index contributed by atoms with van der Waals surface area (Å²) >= 11 is 12.3. The molecule has 0 saturated carbocycles. The maximum atomic E-state index is 13.5. The number of oxazole rings is 2. The summed E-state index contributed by atoms with van der Waals surface area (Å²) in [7, 11) is 0. The van der Waals surface area contributed by atoms with E-state index >= 15 is 0 Å². The van der Waals surface area contributed by atoms with Crippen LogP contribution in [0.1, 0.15) is 62.2 Å². The van der Waals surface area contributed by atoms with Gasteiger partial charge in [-0.1, -0.05) is 86.6 Å². The van der Waals surface area contributed by atoms with Crippen LogP contribution in [0.5, 0.6) is 11.5 Å². The predicted octanol–water partition coefficient (Wildman–Crippen LogP) is 14.6. The van der Waals surface area contributed by atoms with Crippen LogP contribution >= 0.6 is 23.2 Å². The van der Waals surface area contributed by atoms with Crippen molar-refractivity contribution in [3.63, 3.8) is 0 Å². The van der Waals surface area contributed by atoms with Crippen LogP contribution in [0.2, 0.25) is 10.0 Å². The van der Waals surface area contributed by atoms with E-state index in [4.69, 9.17) is 46.2 Å². The van der Waals surface area contributed by atoms with Crippen molar-refractivity contribution in [3.8, 4) is 34.4 Å². The number of fused-ring (bicyclic) bond motifs is 2. The van der Waals surface area contributed by atoms with E-state index in [0.29, 0.717) is 44.4 Å². The van der Waals surface area contributed by atoms with Gasteiger partial charge in [-0.2, -0.15) is 26.3 Å². The number of benzene rings is 6. The van der Waals surface area contributed by atoms with Gasteiger partial charge in [-0.3, -0.25) is 4.90 Å². The average Bonchev–Trinajstić information content (AvgIpc) is 4.11. The number of rotatable bonds is 13. The monoisotopic (exact) mass is 1020 g/mol. The van der Waals surface area contributed by atoms with Crippen molar-refractivity contribution < 1.29 is 64.1 Å². The first-order valence-electron chi connectivity index (χ1n) is 21.1. The minimum atomic E-state index is -4.62. The van der Waals surface area contributed by atoms with E-state index < -0.39 is 47.6 Å². The fourth-order valence-corrected chi connectivity index (χ4v) is 7.74. The standard InChI is InChI=1S/C28H24ClF3N2O4.C22H13ClF3NO4.2CH4/c29-20-10-11-23(21(17-20)26-33-22-8-1-2-9-24(22)38-26)37-25(18-6-5-7-19(16-18)28(30,31)32)27(35)36-15-14-34-12-3-4-13-34;23-14-8-9-17(15(11-14)20-27-16-6-1-2-7-18(16)31-20)30-19(21(28)29)12-4-3-5-13(10-12)22(24,25)26;;/h1-2,5-11,16-17,25H,3-4,12-15H2;1-11,19H,(H,28,29);2*1H4. The summed E-state index contributed by atoms with van der Waals surface area (Å²) < 4.78 is 108. The first kappa shape index (κ1) is 53.3. The van der Waals surface area contributed by atoms with Crippen LogP contribution in [0.25, 0.3) is 45.1 Å². The molecule has 0 amide bonds. The van der Waals surface area contributed by atoms with Gasteiger partial charge in [-0.05, 0) is 111 Å². The van der Waals surface area contributed by atoms with Crippen molar-refractivity contribution in [2.45, 2.75) is 52.3 Å². The van der Waals surface area contributed by atoms with E-state index in [1.807, 2.05) is 6.07 Å². The van der Waals surface area contributed by atoms with Gasteiger partial charge < -0.3 is 28.2 Å². The second-order valence-electron chi connectivity index (χ2n) is 15.6. The largest absolute Gasteiger partial charge is 0.478 e. The van der Waals surface area contributed by atoms with Gasteiger partial charge in [-0.25, -0.2) is 19.6 Å². The van der Waals surface area contributed by atoms with Crippen LogP contribution in [0, 0.1) is 0 Å². The number of carbonyl (C=O) groups is 2. The number of hydrogen-bond acceptors (Lipinski definition) is 10. The minimum Gasteiger partial charge on any atom is -0.478 e. The SMILES string of the molecule is C.C.O=C(O)C(Oc1ccc(Cl)cc1-c1nc2ccccc2o1)c1cccc(C(F)(F)F)c1.O=C(OCCN1CCCC1)C(Oc1ccc(Cl)cc1-c1nc2ccccc2o1)c1cccc(C(F)(F)F)c1. The maximum absolute atomic E-state index is 13.5. The Balaban J connectivity index is 0.000000230. The van der Waals surface area contributed by atoms with Crippen molar-refractivity contribution in [2.24, 2.45) is 0 Å². The third-order valence-electron chi connectivity index (χ3n) is 10.7. The molecule has 1 saturated heterocycles. The molecular formula is C52H45Cl2F6N3O8. The second kappa shape index (κ2) is 22.8.